The molecule has 0 bridgehead atoms. The second-order valence-corrected chi connectivity index (χ2v) is 5.49. The van der Waals surface area contributed by atoms with Crippen molar-refractivity contribution in [3.8, 4) is 5.75 Å². The quantitative estimate of drug-likeness (QED) is 0.824. The van der Waals surface area contributed by atoms with Gasteiger partial charge in [-0.3, -0.25) is 4.79 Å². The molecule has 2 rings (SSSR count). The third kappa shape index (κ3) is 5.06. The smallest absolute Gasteiger partial charge is 0.231 e. The normalized spacial score (nSPS) is 11.9. The highest BCUT2D eigenvalue weighted by Crippen LogP contribution is 2.19. The van der Waals surface area contributed by atoms with Gasteiger partial charge in [-0.25, -0.2) is 0 Å². The molecule has 1 amide bonds. The number of benzene rings is 2. The zero-order valence-corrected chi connectivity index (χ0v) is 13.1. The van der Waals surface area contributed by atoms with Crippen molar-refractivity contribution in [1.82, 2.24) is 5.32 Å². The summed E-state index contributed by atoms with van der Waals surface area (Å²) < 4.78 is 5.73. The first-order valence-electron chi connectivity index (χ1n) is 7.03. The van der Waals surface area contributed by atoms with Crippen LogP contribution in [-0.2, 0) is 11.4 Å². The van der Waals surface area contributed by atoms with E-state index in [1.807, 2.05) is 55.5 Å². The van der Waals surface area contributed by atoms with Gasteiger partial charge < -0.3 is 15.8 Å². The summed E-state index contributed by atoms with van der Waals surface area (Å²) in [5.74, 6) is 0.416. The van der Waals surface area contributed by atoms with Crippen molar-refractivity contribution in [2.75, 3.05) is 6.54 Å². The summed E-state index contributed by atoms with van der Waals surface area (Å²) in [7, 11) is 0. The van der Waals surface area contributed by atoms with Crippen molar-refractivity contribution in [3.63, 3.8) is 0 Å². The maximum Gasteiger partial charge on any atom is 0.231 e. The van der Waals surface area contributed by atoms with Crippen molar-refractivity contribution >= 4 is 17.5 Å². The van der Waals surface area contributed by atoms with Gasteiger partial charge in [0.15, 0.2) is 0 Å². The van der Waals surface area contributed by atoms with Gasteiger partial charge in [0.05, 0.1) is 6.54 Å². The van der Waals surface area contributed by atoms with E-state index in [4.69, 9.17) is 22.1 Å². The molecule has 0 heterocycles. The molecule has 116 valence electrons. The second kappa shape index (κ2) is 7.82. The predicted octanol–water partition coefficient (Wildman–Crippen LogP) is 3.05. The fourth-order valence-electron chi connectivity index (χ4n) is 2.02. The minimum absolute atomic E-state index is 0.0504. The first kappa shape index (κ1) is 16.3. The summed E-state index contributed by atoms with van der Waals surface area (Å²) in [5.41, 5.74) is 7.20. The second-order valence-electron chi connectivity index (χ2n) is 5.06. The first-order chi connectivity index (χ1) is 10.5. The summed E-state index contributed by atoms with van der Waals surface area (Å²) in [6.07, 6.45) is 0. The molecule has 2 aromatic carbocycles. The number of nitrogens with two attached hydrogens (primary N) is 1. The van der Waals surface area contributed by atoms with Crippen molar-refractivity contribution in [2.45, 2.75) is 19.6 Å². The van der Waals surface area contributed by atoms with Crippen LogP contribution in [0.15, 0.2) is 48.5 Å². The van der Waals surface area contributed by atoms with Crippen LogP contribution >= 0.6 is 11.6 Å². The average Bonchev–Trinajstić information content (AvgIpc) is 2.51. The lowest BCUT2D eigenvalue weighted by atomic mass is 10.1. The Labute approximate surface area is 135 Å². The predicted molar refractivity (Wildman–Crippen MR) is 87.8 cm³/mol. The van der Waals surface area contributed by atoms with Crippen LogP contribution in [0.4, 0.5) is 0 Å². The lowest BCUT2D eigenvalue weighted by Gasteiger charge is -2.14. The van der Waals surface area contributed by atoms with E-state index >= 15 is 0 Å². The molecule has 0 saturated heterocycles. The van der Waals surface area contributed by atoms with E-state index in [1.54, 1.807) is 0 Å². The number of halogens is 1. The SMILES string of the molecule is CC(NCC(N)=O)c1ccc(OCc2cccc(Cl)c2)cc1. The van der Waals surface area contributed by atoms with Crippen molar-refractivity contribution < 1.29 is 9.53 Å². The van der Waals surface area contributed by atoms with Crippen LogP contribution in [0.25, 0.3) is 0 Å². The van der Waals surface area contributed by atoms with Gasteiger partial charge in [-0.15, -0.1) is 0 Å². The number of carbonyl (C=O) groups is 1. The summed E-state index contributed by atoms with van der Waals surface area (Å²) >= 11 is 5.94. The van der Waals surface area contributed by atoms with Crippen LogP contribution < -0.4 is 15.8 Å². The largest absolute Gasteiger partial charge is 0.489 e. The molecular weight excluding hydrogens is 300 g/mol. The third-order valence-electron chi connectivity index (χ3n) is 3.26. The van der Waals surface area contributed by atoms with Gasteiger partial charge in [-0.1, -0.05) is 35.9 Å². The van der Waals surface area contributed by atoms with Crippen molar-refractivity contribution in [1.29, 1.82) is 0 Å². The molecular formula is C17H19ClN2O2. The standard InChI is InChI=1S/C17H19ClN2O2/c1-12(20-10-17(19)21)14-5-7-16(8-6-14)22-11-13-3-2-4-15(18)9-13/h2-9,12,20H,10-11H2,1H3,(H2,19,21). The Hall–Kier alpha value is -2.04. The molecule has 1 atom stereocenters. The van der Waals surface area contributed by atoms with Gasteiger partial charge in [0.1, 0.15) is 12.4 Å². The molecule has 0 spiro atoms. The van der Waals surface area contributed by atoms with E-state index in [2.05, 4.69) is 5.32 Å². The fourth-order valence-corrected chi connectivity index (χ4v) is 2.23. The fraction of sp³-hybridized carbons (Fsp3) is 0.235. The number of carbonyl (C=O) groups excluding carboxylic acids is 1. The molecule has 0 aliphatic rings. The topological polar surface area (TPSA) is 64.3 Å². The Balaban J connectivity index is 1.90. The molecule has 0 saturated carbocycles. The number of amides is 1. The van der Waals surface area contributed by atoms with E-state index in [0.29, 0.717) is 11.6 Å². The number of ether oxygens (including phenoxy) is 1. The molecule has 1 unspecified atom stereocenters. The number of primary amides is 1. The molecule has 4 nitrogen and oxygen atoms in total. The van der Waals surface area contributed by atoms with Crippen LogP contribution in [0, 0.1) is 0 Å². The highest BCUT2D eigenvalue weighted by molar-refractivity contribution is 6.30. The van der Waals surface area contributed by atoms with Crippen LogP contribution in [0.5, 0.6) is 5.75 Å². The molecule has 0 aromatic heterocycles. The Bertz CT molecular complexity index is 629. The molecule has 22 heavy (non-hydrogen) atoms. The lowest BCUT2D eigenvalue weighted by Crippen LogP contribution is -2.30. The van der Waals surface area contributed by atoms with Gasteiger partial charge in [0, 0.05) is 11.1 Å². The third-order valence-corrected chi connectivity index (χ3v) is 3.49. The molecule has 0 fully saturated rings. The summed E-state index contributed by atoms with van der Waals surface area (Å²) in [6, 6.07) is 15.4. The van der Waals surface area contributed by atoms with Crippen LogP contribution in [0.1, 0.15) is 24.1 Å². The van der Waals surface area contributed by atoms with E-state index in [0.717, 1.165) is 16.9 Å². The molecule has 0 radical (unpaired) electrons. The number of nitrogens with one attached hydrogen (secondary N) is 1. The Morgan fingerprint density at radius 3 is 2.64 bits per heavy atom. The molecule has 0 aliphatic carbocycles. The van der Waals surface area contributed by atoms with Crippen LogP contribution in [0.2, 0.25) is 5.02 Å². The van der Waals surface area contributed by atoms with Gasteiger partial charge in [0.2, 0.25) is 5.91 Å². The summed E-state index contributed by atoms with van der Waals surface area (Å²) in [6.45, 7) is 2.61. The highest BCUT2D eigenvalue weighted by Gasteiger charge is 2.06. The van der Waals surface area contributed by atoms with Gasteiger partial charge in [-0.2, -0.15) is 0 Å². The summed E-state index contributed by atoms with van der Waals surface area (Å²) in [5, 5.41) is 3.75. The number of rotatable bonds is 7. The molecule has 3 N–H and O–H groups in total. The summed E-state index contributed by atoms with van der Waals surface area (Å²) in [4.78, 5) is 10.8. The zero-order chi connectivity index (χ0) is 15.9. The van der Waals surface area contributed by atoms with Gasteiger partial charge in [-0.05, 0) is 42.3 Å². The maximum atomic E-state index is 10.8. The monoisotopic (exact) mass is 318 g/mol. The highest BCUT2D eigenvalue weighted by atomic mass is 35.5. The van der Waals surface area contributed by atoms with E-state index in [9.17, 15) is 4.79 Å². The van der Waals surface area contributed by atoms with Crippen LogP contribution in [-0.4, -0.2) is 12.5 Å². The zero-order valence-electron chi connectivity index (χ0n) is 12.4. The van der Waals surface area contributed by atoms with Crippen molar-refractivity contribution in [2.24, 2.45) is 5.73 Å². The van der Waals surface area contributed by atoms with Crippen LogP contribution in [0.3, 0.4) is 0 Å². The van der Waals surface area contributed by atoms with Crippen molar-refractivity contribution in [3.05, 3.63) is 64.7 Å². The number of hydrogen-bond donors (Lipinski definition) is 2. The minimum atomic E-state index is -0.367. The maximum absolute atomic E-state index is 10.8. The number of hydrogen-bond acceptors (Lipinski definition) is 3. The molecule has 2 aromatic rings. The van der Waals surface area contributed by atoms with Gasteiger partial charge in [0.25, 0.3) is 0 Å². The lowest BCUT2D eigenvalue weighted by molar-refractivity contribution is -0.117. The minimum Gasteiger partial charge on any atom is -0.489 e. The average molecular weight is 319 g/mol. The Morgan fingerprint density at radius 1 is 1.27 bits per heavy atom. The van der Waals surface area contributed by atoms with E-state index in [-0.39, 0.29) is 18.5 Å². The molecule has 0 aliphatic heterocycles. The van der Waals surface area contributed by atoms with Gasteiger partial charge >= 0.3 is 0 Å². The Morgan fingerprint density at radius 2 is 2.00 bits per heavy atom. The molecule has 5 heteroatoms. The first-order valence-corrected chi connectivity index (χ1v) is 7.41. The van der Waals surface area contributed by atoms with E-state index < -0.39 is 0 Å². The Kier molecular flexibility index (Phi) is 5.81. The van der Waals surface area contributed by atoms with E-state index in [1.165, 1.54) is 0 Å².